The molecule has 1 aliphatic heterocycles. The van der Waals surface area contributed by atoms with Gasteiger partial charge in [0.15, 0.2) is 5.82 Å². The molecule has 194 valence electrons. The van der Waals surface area contributed by atoms with Crippen molar-refractivity contribution < 1.29 is 17.9 Å². The van der Waals surface area contributed by atoms with Gasteiger partial charge in [-0.05, 0) is 48.5 Å². The second-order valence-electron chi connectivity index (χ2n) is 8.42. The molecule has 1 aromatic heterocycles. The number of anilines is 1. The molecule has 2 heterocycles. The molecule has 0 N–H and O–H groups in total. The molecule has 9 nitrogen and oxygen atoms in total. The number of halogens is 1. The highest BCUT2D eigenvalue weighted by Gasteiger charge is 2.29. The minimum absolute atomic E-state index is 0.0197. The molecule has 1 fully saturated rings. The molecule has 2 aromatic carbocycles. The van der Waals surface area contributed by atoms with E-state index in [1.807, 2.05) is 36.4 Å². The molecular weight excluding hydrogens is 514 g/mol. The lowest BCUT2D eigenvalue weighted by atomic mass is 10.1. The number of sulfonamides is 1. The van der Waals surface area contributed by atoms with Gasteiger partial charge in [-0.25, -0.2) is 8.42 Å². The Bertz CT molecular complexity index is 1340. The smallest absolute Gasteiger partial charge is 0.243 e. The monoisotopic (exact) mass is 541 g/mol. The summed E-state index contributed by atoms with van der Waals surface area (Å²) in [5.41, 5.74) is 1.65. The number of hydrogen-bond acceptors (Lipinski definition) is 7. The number of amides is 1. The molecule has 11 heteroatoms. The Hall–Kier alpha value is -3.47. The number of ether oxygens (including phenoxy) is 1. The van der Waals surface area contributed by atoms with Crippen LogP contribution in [0, 0.1) is 0 Å². The maximum Gasteiger partial charge on any atom is 0.243 e. The second-order valence-corrected chi connectivity index (χ2v) is 10.8. The van der Waals surface area contributed by atoms with E-state index in [-0.39, 0.29) is 23.9 Å². The predicted molar refractivity (Wildman–Crippen MR) is 143 cm³/mol. The van der Waals surface area contributed by atoms with Gasteiger partial charge in [0.2, 0.25) is 15.9 Å². The number of nitrogens with zero attached hydrogens (tertiary/aromatic N) is 5. The van der Waals surface area contributed by atoms with Crippen molar-refractivity contribution in [3.8, 4) is 17.0 Å². The highest BCUT2D eigenvalue weighted by atomic mass is 35.5. The van der Waals surface area contributed by atoms with E-state index in [4.69, 9.17) is 16.3 Å². The van der Waals surface area contributed by atoms with Crippen LogP contribution < -0.4 is 9.64 Å². The lowest BCUT2D eigenvalue weighted by molar-refractivity contribution is -0.131. The predicted octanol–water partition coefficient (Wildman–Crippen LogP) is 3.33. The topological polar surface area (TPSA) is 95.9 Å². The van der Waals surface area contributed by atoms with Gasteiger partial charge in [0.1, 0.15) is 5.75 Å². The van der Waals surface area contributed by atoms with Gasteiger partial charge in [-0.3, -0.25) is 4.79 Å². The molecule has 0 bridgehead atoms. The molecular formula is C26H28ClN5O4S. The largest absolute Gasteiger partial charge is 0.497 e. The van der Waals surface area contributed by atoms with E-state index in [1.54, 1.807) is 12.0 Å². The van der Waals surface area contributed by atoms with E-state index < -0.39 is 10.0 Å². The lowest BCUT2D eigenvalue weighted by Crippen LogP contribution is -2.52. The summed E-state index contributed by atoms with van der Waals surface area (Å²) in [5, 5.41) is 9.16. The van der Waals surface area contributed by atoms with Crippen LogP contribution in [0.15, 0.2) is 78.2 Å². The molecule has 1 aliphatic rings. The summed E-state index contributed by atoms with van der Waals surface area (Å²) < 4.78 is 32.6. The average molecular weight is 542 g/mol. The van der Waals surface area contributed by atoms with Crippen LogP contribution in [-0.2, 0) is 14.8 Å². The fourth-order valence-corrected chi connectivity index (χ4v) is 5.50. The van der Waals surface area contributed by atoms with Crippen LogP contribution in [0.25, 0.3) is 11.3 Å². The summed E-state index contributed by atoms with van der Waals surface area (Å²) in [7, 11) is -2.26. The maximum absolute atomic E-state index is 13.1. The second kappa shape index (κ2) is 11.7. The van der Waals surface area contributed by atoms with Crippen LogP contribution in [0.4, 0.5) is 5.82 Å². The van der Waals surface area contributed by atoms with Crippen LogP contribution in [0.5, 0.6) is 5.75 Å². The highest BCUT2D eigenvalue weighted by molar-refractivity contribution is 7.89. The number of rotatable bonds is 9. The molecule has 1 saturated heterocycles. The summed E-state index contributed by atoms with van der Waals surface area (Å²) in [6.45, 7) is 5.40. The molecule has 0 unspecified atom stereocenters. The Labute approximate surface area is 222 Å². The summed E-state index contributed by atoms with van der Waals surface area (Å²) in [6, 6.07) is 17.3. The molecule has 0 radical (unpaired) electrons. The van der Waals surface area contributed by atoms with E-state index in [1.165, 1.54) is 30.3 Å². The molecule has 0 atom stereocenters. The molecule has 0 saturated carbocycles. The Morgan fingerprint density at radius 1 is 1.08 bits per heavy atom. The normalized spacial score (nSPS) is 14.0. The Kier molecular flexibility index (Phi) is 8.42. The molecule has 1 amide bonds. The van der Waals surface area contributed by atoms with Crippen molar-refractivity contribution in [1.29, 1.82) is 0 Å². The Balaban J connectivity index is 1.37. The summed E-state index contributed by atoms with van der Waals surface area (Å²) in [5.74, 6) is 1.20. The first-order valence-electron chi connectivity index (χ1n) is 11.7. The maximum atomic E-state index is 13.1. The van der Waals surface area contributed by atoms with Crippen LogP contribution in [-0.4, -0.2) is 80.1 Å². The van der Waals surface area contributed by atoms with Crippen LogP contribution in [0.3, 0.4) is 0 Å². The first-order chi connectivity index (χ1) is 17.8. The van der Waals surface area contributed by atoms with Gasteiger partial charge in [-0.2, -0.15) is 4.31 Å². The molecule has 4 rings (SSSR count). The Morgan fingerprint density at radius 2 is 1.81 bits per heavy atom. The number of aromatic nitrogens is 2. The molecule has 37 heavy (non-hydrogen) atoms. The quantitative estimate of drug-likeness (QED) is 0.383. The van der Waals surface area contributed by atoms with Crippen molar-refractivity contribution in [2.24, 2.45) is 0 Å². The summed E-state index contributed by atoms with van der Waals surface area (Å²) >= 11 is 5.89. The molecule has 3 aromatic rings. The third-order valence-corrected chi connectivity index (χ3v) is 8.15. The van der Waals surface area contributed by atoms with Crippen molar-refractivity contribution in [2.75, 3.05) is 51.3 Å². The average Bonchev–Trinajstić information content (AvgIpc) is 2.93. The van der Waals surface area contributed by atoms with Gasteiger partial charge in [0, 0.05) is 43.3 Å². The van der Waals surface area contributed by atoms with Crippen molar-refractivity contribution in [1.82, 2.24) is 19.4 Å². The lowest BCUT2D eigenvalue weighted by Gasteiger charge is -2.36. The summed E-state index contributed by atoms with van der Waals surface area (Å²) in [6.07, 6.45) is 1.46. The number of carbonyl (C=O) groups is 1. The van der Waals surface area contributed by atoms with Gasteiger partial charge in [-0.15, -0.1) is 16.8 Å². The zero-order valence-electron chi connectivity index (χ0n) is 20.5. The fourth-order valence-electron chi connectivity index (χ4n) is 4.01. The van der Waals surface area contributed by atoms with Gasteiger partial charge in [0.25, 0.3) is 0 Å². The van der Waals surface area contributed by atoms with Gasteiger partial charge < -0.3 is 14.5 Å². The number of carbonyl (C=O) groups excluding carboxylic acids is 1. The van der Waals surface area contributed by atoms with E-state index in [2.05, 4.69) is 21.7 Å². The van der Waals surface area contributed by atoms with Gasteiger partial charge in [0.05, 0.1) is 24.2 Å². The van der Waals surface area contributed by atoms with Crippen LogP contribution >= 0.6 is 11.6 Å². The number of benzene rings is 2. The van der Waals surface area contributed by atoms with Crippen molar-refractivity contribution in [3.05, 3.63) is 78.3 Å². The van der Waals surface area contributed by atoms with Crippen LogP contribution in [0.2, 0.25) is 5.02 Å². The van der Waals surface area contributed by atoms with E-state index >= 15 is 0 Å². The van der Waals surface area contributed by atoms with Crippen LogP contribution in [0.1, 0.15) is 0 Å². The zero-order valence-corrected chi connectivity index (χ0v) is 22.0. The fraction of sp³-hybridized carbons (Fsp3) is 0.269. The van der Waals surface area contributed by atoms with E-state index in [9.17, 15) is 13.2 Å². The van der Waals surface area contributed by atoms with Crippen molar-refractivity contribution in [3.63, 3.8) is 0 Å². The number of piperazine rings is 1. The summed E-state index contributed by atoms with van der Waals surface area (Å²) in [4.78, 5) is 16.8. The standard InChI is InChI=1S/C26H28ClN5O4S/c1-3-13-32(37(34,35)23-9-7-21(27)8-10-23)19-26(33)31-16-14-30(15-17-31)25-12-11-24(28-29-25)20-5-4-6-22(18-20)36-2/h3-12,18H,1,13-17,19H2,2H3. The van der Waals surface area contributed by atoms with Crippen molar-refractivity contribution >= 4 is 33.3 Å². The third kappa shape index (κ3) is 6.27. The number of methoxy groups -OCH3 is 1. The van der Waals surface area contributed by atoms with E-state index in [0.717, 1.165) is 27.1 Å². The molecule has 0 spiro atoms. The number of hydrogen-bond donors (Lipinski definition) is 0. The van der Waals surface area contributed by atoms with E-state index in [0.29, 0.717) is 31.2 Å². The first kappa shape index (κ1) is 26.6. The SMILES string of the molecule is C=CCN(CC(=O)N1CCN(c2ccc(-c3cccc(OC)c3)nn2)CC1)S(=O)(=O)c1ccc(Cl)cc1. The minimum Gasteiger partial charge on any atom is -0.497 e. The van der Waals surface area contributed by atoms with Gasteiger partial charge in [-0.1, -0.05) is 29.8 Å². The molecule has 0 aliphatic carbocycles. The first-order valence-corrected chi connectivity index (χ1v) is 13.5. The Morgan fingerprint density at radius 3 is 2.43 bits per heavy atom. The zero-order chi connectivity index (χ0) is 26.4. The minimum atomic E-state index is -3.88. The third-order valence-electron chi connectivity index (χ3n) is 6.07. The van der Waals surface area contributed by atoms with Crippen molar-refractivity contribution in [2.45, 2.75) is 4.90 Å². The van der Waals surface area contributed by atoms with Gasteiger partial charge >= 0.3 is 0 Å². The highest BCUT2D eigenvalue weighted by Crippen LogP contribution is 2.23.